The Kier molecular flexibility index (Phi) is 5.29. The number of rotatable bonds is 6. The van der Waals surface area contributed by atoms with Gasteiger partial charge in [0.1, 0.15) is 5.75 Å². The number of nitrogens with zero attached hydrogens (tertiary/aromatic N) is 1. The molecule has 1 fully saturated rings. The molecule has 0 aliphatic carbocycles. The lowest BCUT2D eigenvalue weighted by Gasteiger charge is -2.18. The molecule has 1 saturated heterocycles. The van der Waals surface area contributed by atoms with Crippen LogP contribution in [0.25, 0.3) is 0 Å². The first-order chi connectivity index (χ1) is 12.8. The number of ketones is 1. The Bertz CT molecular complexity index is 970. The molecule has 1 aliphatic heterocycles. The molecule has 142 valence electrons. The normalized spacial score (nSPS) is 17.2. The first-order valence-electron chi connectivity index (χ1n) is 8.38. The average molecular weight is 388 g/mol. The zero-order valence-corrected chi connectivity index (χ0v) is 15.8. The zero-order chi connectivity index (χ0) is 19.6. The maximum atomic E-state index is 12.6. The Morgan fingerprint density at radius 2 is 1.89 bits per heavy atom. The lowest BCUT2D eigenvalue weighted by Crippen LogP contribution is -2.37. The Labute approximate surface area is 158 Å². The fraction of sp³-hybridized carbons (Fsp3) is 0.263. The minimum absolute atomic E-state index is 0.0554. The van der Waals surface area contributed by atoms with E-state index in [2.05, 4.69) is 4.72 Å². The molecular weight excluding hydrogens is 368 g/mol. The highest BCUT2D eigenvalue weighted by atomic mass is 32.2. The number of ether oxygens (including phenoxy) is 1. The van der Waals surface area contributed by atoms with E-state index in [0.717, 1.165) is 0 Å². The van der Waals surface area contributed by atoms with Crippen LogP contribution in [0, 0.1) is 0 Å². The summed E-state index contributed by atoms with van der Waals surface area (Å²) < 4.78 is 32.9. The maximum absolute atomic E-state index is 12.6. The molecule has 3 rings (SSSR count). The third kappa shape index (κ3) is 4.17. The van der Waals surface area contributed by atoms with Crippen LogP contribution in [0.15, 0.2) is 53.4 Å². The minimum Gasteiger partial charge on any atom is -0.497 e. The van der Waals surface area contributed by atoms with Crippen LogP contribution in [0.5, 0.6) is 5.75 Å². The molecule has 8 heteroatoms. The van der Waals surface area contributed by atoms with E-state index in [-0.39, 0.29) is 29.6 Å². The molecule has 2 aromatic rings. The Balaban J connectivity index is 1.74. The van der Waals surface area contributed by atoms with Crippen LogP contribution in [-0.2, 0) is 14.8 Å². The molecule has 1 heterocycles. The lowest BCUT2D eigenvalue weighted by molar-refractivity contribution is -0.117. The monoisotopic (exact) mass is 388 g/mol. The van der Waals surface area contributed by atoms with Crippen molar-refractivity contribution in [2.75, 3.05) is 18.6 Å². The highest BCUT2D eigenvalue weighted by molar-refractivity contribution is 7.89. The summed E-state index contributed by atoms with van der Waals surface area (Å²) in [6, 6.07) is 12.2. The van der Waals surface area contributed by atoms with E-state index in [9.17, 15) is 18.0 Å². The molecule has 0 aromatic heterocycles. The van der Waals surface area contributed by atoms with Gasteiger partial charge in [-0.05, 0) is 31.2 Å². The number of amides is 1. The quantitative estimate of drug-likeness (QED) is 0.764. The number of hydrogen-bond acceptors (Lipinski definition) is 5. The molecule has 0 saturated carbocycles. The first-order valence-corrected chi connectivity index (χ1v) is 9.86. The number of sulfonamides is 1. The van der Waals surface area contributed by atoms with Gasteiger partial charge in [0.25, 0.3) is 0 Å². The van der Waals surface area contributed by atoms with Gasteiger partial charge in [-0.3, -0.25) is 9.59 Å². The first kappa shape index (κ1) is 19.1. The summed E-state index contributed by atoms with van der Waals surface area (Å²) in [6.07, 6.45) is 0.0714. The summed E-state index contributed by atoms with van der Waals surface area (Å²) in [6.45, 7) is 1.65. The Morgan fingerprint density at radius 3 is 2.52 bits per heavy atom. The van der Waals surface area contributed by atoms with Crippen molar-refractivity contribution < 1.29 is 22.7 Å². The van der Waals surface area contributed by atoms with Gasteiger partial charge in [0.15, 0.2) is 5.78 Å². The molecule has 7 nitrogen and oxygen atoms in total. The SMILES string of the molecule is COc1cccc(N2CC(NS(=O)(=O)c3ccc(C(C)=O)cc3)CC2=O)c1. The van der Waals surface area contributed by atoms with Gasteiger partial charge in [-0.25, -0.2) is 13.1 Å². The molecule has 0 spiro atoms. The topological polar surface area (TPSA) is 92.8 Å². The number of benzene rings is 2. The van der Waals surface area contributed by atoms with Gasteiger partial charge in [0.05, 0.1) is 12.0 Å². The largest absolute Gasteiger partial charge is 0.497 e. The highest BCUT2D eigenvalue weighted by Gasteiger charge is 2.33. The van der Waals surface area contributed by atoms with Crippen molar-refractivity contribution in [3.8, 4) is 5.75 Å². The third-order valence-electron chi connectivity index (χ3n) is 4.38. The summed E-state index contributed by atoms with van der Waals surface area (Å²) in [5.74, 6) is 0.319. The number of anilines is 1. The third-order valence-corrected chi connectivity index (χ3v) is 5.92. The standard InChI is InChI=1S/C19H20N2O5S/c1-13(22)14-6-8-18(9-7-14)27(24,25)20-15-10-19(23)21(12-15)16-4-3-5-17(11-16)26-2/h3-9,11,15,20H,10,12H2,1-2H3. The number of carbonyl (C=O) groups is 2. The van der Waals surface area contributed by atoms with E-state index in [4.69, 9.17) is 4.74 Å². The average Bonchev–Trinajstić information content (AvgIpc) is 3.01. The summed E-state index contributed by atoms with van der Waals surface area (Å²) >= 11 is 0. The second-order valence-electron chi connectivity index (χ2n) is 6.31. The van der Waals surface area contributed by atoms with E-state index >= 15 is 0 Å². The highest BCUT2D eigenvalue weighted by Crippen LogP contribution is 2.26. The van der Waals surface area contributed by atoms with Gasteiger partial charge in [-0.1, -0.05) is 18.2 Å². The van der Waals surface area contributed by atoms with Crippen molar-refractivity contribution in [2.45, 2.75) is 24.3 Å². The number of methoxy groups -OCH3 is 1. The van der Waals surface area contributed by atoms with E-state index in [1.54, 1.807) is 31.4 Å². The summed E-state index contributed by atoms with van der Waals surface area (Å²) in [4.78, 5) is 25.3. The van der Waals surface area contributed by atoms with E-state index < -0.39 is 16.1 Å². The van der Waals surface area contributed by atoms with E-state index in [1.807, 2.05) is 0 Å². The minimum atomic E-state index is -3.79. The van der Waals surface area contributed by atoms with Crippen molar-refractivity contribution in [2.24, 2.45) is 0 Å². The van der Waals surface area contributed by atoms with Gasteiger partial charge in [-0.15, -0.1) is 0 Å². The van der Waals surface area contributed by atoms with Gasteiger partial charge in [0, 0.05) is 36.3 Å². The van der Waals surface area contributed by atoms with Crippen LogP contribution in [0.1, 0.15) is 23.7 Å². The molecule has 1 atom stereocenters. The Hall–Kier alpha value is -2.71. The number of nitrogens with one attached hydrogen (secondary N) is 1. The summed E-state index contributed by atoms with van der Waals surface area (Å²) in [5, 5.41) is 0. The molecule has 27 heavy (non-hydrogen) atoms. The maximum Gasteiger partial charge on any atom is 0.240 e. The van der Waals surface area contributed by atoms with Gasteiger partial charge < -0.3 is 9.64 Å². The zero-order valence-electron chi connectivity index (χ0n) is 15.0. The van der Waals surface area contributed by atoms with E-state index in [0.29, 0.717) is 17.0 Å². The molecule has 1 unspecified atom stereocenters. The smallest absolute Gasteiger partial charge is 0.240 e. The van der Waals surface area contributed by atoms with Crippen LogP contribution in [0.3, 0.4) is 0 Å². The van der Waals surface area contributed by atoms with E-state index in [1.165, 1.54) is 36.1 Å². The van der Waals surface area contributed by atoms with Crippen LogP contribution in [0.2, 0.25) is 0 Å². The second-order valence-corrected chi connectivity index (χ2v) is 8.02. The molecule has 1 N–H and O–H groups in total. The van der Waals surface area contributed by atoms with Crippen molar-refractivity contribution in [3.05, 3.63) is 54.1 Å². The van der Waals surface area contributed by atoms with Crippen molar-refractivity contribution >= 4 is 27.4 Å². The molecule has 0 bridgehead atoms. The number of Topliss-reactive ketones (excluding diaryl/α,β-unsaturated/α-hetero) is 1. The van der Waals surface area contributed by atoms with Crippen molar-refractivity contribution in [1.82, 2.24) is 4.72 Å². The van der Waals surface area contributed by atoms with Gasteiger partial charge in [0.2, 0.25) is 15.9 Å². The van der Waals surface area contributed by atoms with Crippen molar-refractivity contribution in [3.63, 3.8) is 0 Å². The van der Waals surface area contributed by atoms with Gasteiger partial charge >= 0.3 is 0 Å². The molecular formula is C19H20N2O5S. The Morgan fingerprint density at radius 1 is 1.19 bits per heavy atom. The predicted octanol–water partition coefficient (Wildman–Crippen LogP) is 1.98. The van der Waals surface area contributed by atoms with Crippen molar-refractivity contribution in [1.29, 1.82) is 0 Å². The van der Waals surface area contributed by atoms with Crippen LogP contribution in [-0.4, -0.2) is 39.8 Å². The fourth-order valence-corrected chi connectivity index (χ4v) is 4.20. The fourth-order valence-electron chi connectivity index (χ4n) is 2.97. The summed E-state index contributed by atoms with van der Waals surface area (Å²) in [7, 11) is -2.25. The molecule has 1 aliphatic rings. The number of hydrogen-bond donors (Lipinski definition) is 1. The number of carbonyl (C=O) groups excluding carboxylic acids is 2. The molecule has 0 radical (unpaired) electrons. The van der Waals surface area contributed by atoms with Crippen LogP contribution in [0.4, 0.5) is 5.69 Å². The van der Waals surface area contributed by atoms with Crippen LogP contribution >= 0.6 is 0 Å². The second kappa shape index (κ2) is 7.50. The molecule has 2 aromatic carbocycles. The van der Waals surface area contributed by atoms with Crippen LogP contribution < -0.4 is 14.4 Å². The lowest BCUT2D eigenvalue weighted by atomic mass is 10.2. The predicted molar refractivity (Wildman–Crippen MR) is 101 cm³/mol. The molecule has 1 amide bonds. The summed E-state index contributed by atoms with van der Waals surface area (Å²) in [5.41, 5.74) is 1.10. The van der Waals surface area contributed by atoms with Gasteiger partial charge in [-0.2, -0.15) is 0 Å².